The van der Waals surface area contributed by atoms with E-state index in [2.05, 4.69) is 31.0 Å². The maximum absolute atomic E-state index is 9.24. The van der Waals surface area contributed by atoms with Crippen molar-refractivity contribution in [2.45, 2.75) is 65.3 Å². The minimum Gasteiger partial charge on any atom is -0.395 e. The third-order valence-corrected chi connectivity index (χ3v) is 4.31. The summed E-state index contributed by atoms with van der Waals surface area (Å²) in [5, 5.41) is 12.9. The van der Waals surface area contributed by atoms with Crippen LogP contribution in [0.4, 0.5) is 0 Å². The van der Waals surface area contributed by atoms with Gasteiger partial charge in [0.25, 0.3) is 0 Å². The maximum atomic E-state index is 9.24. The van der Waals surface area contributed by atoms with Crippen LogP contribution >= 0.6 is 0 Å². The zero-order valence-corrected chi connectivity index (χ0v) is 13.2. The highest BCUT2D eigenvalue weighted by Gasteiger charge is 2.33. The van der Waals surface area contributed by atoms with Crippen molar-refractivity contribution < 1.29 is 5.11 Å². The van der Waals surface area contributed by atoms with Crippen LogP contribution in [0.5, 0.6) is 0 Å². The molecule has 1 rings (SSSR count). The van der Waals surface area contributed by atoms with Crippen LogP contribution in [0, 0.1) is 5.41 Å². The van der Waals surface area contributed by atoms with E-state index in [1.807, 2.05) is 0 Å². The van der Waals surface area contributed by atoms with Crippen molar-refractivity contribution >= 4 is 0 Å². The predicted octanol–water partition coefficient (Wildman–Crippen LogP) is 2.64. The normalized spacial score (nSPS) is 19.3. The molecule has 0 saturated heterocycles. The van der Waals surface area contributed by atoms with Gasteiger partial charge in [-0.15, -0.1) is 0 Å². The molecule has 19 heavy (non-hydrogen) atoms. The van der Waals surface area contributed by atoms with E-state index in [1.165, 1.54) is 38.5 Å². The molecule has 0 heterocycles. The largest absolute Gasteiger partial charge is 0.395 e. The summed E-state index contributed by atoms with van der Waals surface area (Å²) in [7, 11) is 0. The molecule has 0 aromatic heterocycles. The molecule has 1 aliphatic carbocycles. The summed E-state index contributed by atoms with van der Waals surface area (Å²) in [6.07, 6.45) is 8.01. The standard InChI is InChI=1S/C16H34N2O/c1-4-10-18(11-12-19)14-16(13-17-15(2)3)8-6-5-7-9-16/h15,17,19H,4-14H2,1-3H3. The number of hydrogen-bond donors (Lipinski definition) is 2. The van der Waals surface area contributed by atoms with Crippen molar-refractivity contribution in [2.24, 2.45) is 5.41 Å². The van der Waals surface area contributed by atoms with E-state index < -0.39 is 0 Å². The molecule has 3 heteroatoms. The Balaban J connectivity index is 2.60. The van der Waals surface area contributed by atoms with Gasteiger partial charge in [-0.3, -0.25) is 0 Å². The molecular formula is C16H34N2O. The van der Waals surface area contributed by atoms with Gasteiger partial charge < -0.3 is 15.3 Å². The highest BCUT2D eigenvalue weighted by molar-refractivity contribution is 4.88. The van der Waals surface area contributed by atoms with Crippen LogP contribution in [0.3, 0.4) is 0 Å². The van der Waals surface area contributed by atoms with Crippen LogP contribution in [-0.2, 0) is 0 Å². The van der Waals surface area contributed by atoms with Crippen molar-refractivity contribution in [3.05, 3.63) is 0 Å². The first-order valence-corrected chi connectivity index (χ1v) is 8.18. The van der Waals surface area contributed by atoms with Crippen LogP contribution in [0.2, 0.25) is 0 Å². The lowest BCUT2D eigenvalue weighted by molar-refractivity contribution is 0.0870. The van der Waals surface area contributed by atoms with Gasteiger partial charge in [-0.05, 0) is 31.2 Å². The average molecular weight is 270 g/mol. The average Bonchev–Trinajstić information content (AvgIpc) is 2.38. The molecule has 0 aromatic rings. The van der Waals surface area contributed by atoms with Gasteiger partial charge in [-0.2, -0.15) is 0 Å². The number of aliphatic hydroxyl groups excluding tert-OH is 1. The topological polar surface area (TPSA) is 35.5 Å². The van der Waals surface area contributed by atoms with Gasteiger partial charge in [-0.25, -0.2) is 0 Å². The summed E-state index contributed by atoms with van der Waals surface area (Å²) in [6, 6.07) is 0.566. The number of nitrogens with zero attached hydrogens (tertiary/aromatic N) is 1. The van der Waals surface area contributed by atoms with Crippen LogP contribution in [0.15, 0.2) is 0 Å². The highest BCUT2D eigenvalue weighted by Crippen LogP contribution is 2.36. The molecule has 0 atom stereocenters. The third kappa shape index (κ3) is 6.24. The highest BCUT2D eigenvalue weighted by atomic mass is 16.3. The van der Waals surface area contributed by atoms with Crippen LogP contribution in [0.1, 0.15) is 59.3 Å². The Labute approximate surface area is 119 Å². The summed E-state index contributed by atoms with van der Waals surface area (Å²) >= 11 is 0. The molecule has 1 aliphatic rings. The summed E-state index contributed by atoms with van der Waals surface area (Å²) in [6.45, 7) is 11.2. The van der Waals surface area contributed by atoms with Crippen LogP contribution in [-0.4, -0.2) is 48.8 Å². The van der Waals surface area contributed by atoms with Gasteiger partial charge in [0.05, 0.1) is 6.61 Å². The number of aliphatic hydroxyl groups is 1. The van der Waals surface area contributed by atoms with Crippen LogP contribution < -0.4 is 5.32 Å². The van der Waals surface area contributed by atoms with Crippen LogP contribution in [0.25, 0.3) is 0 Å². The quantitative estimate of drug-likeness (QED) is 0.676. The lowest BCUT2D eigenvalue weighted by Gasteiger charge is -2.42. The van der Waals surface area contributed by atoms with Crippen molar-refractivity contribution in [3.63, 3.8) is 0 Å². The predicted molar refractivity (Wildman–Crippen MR) is 82.5 cm³/mol. The molecule has 0 aromatic carbocycles. The molecule has 0 amide bonds. The monoisotopic (exact) mass is 270 g/mol. The summed E-state index contributed by atoms with van der Waals surface area (Å²) in [4.78, 5) is 2.47. The fraction of sp³-hybridized carbons (Fsp3) is 1.00. The Kier molecular flexibility index (Phi) is 7.96. The van der Waals surface area contributed by atoms with E-state index in [4.69, 9.17) is 0 Å². The maximum Gasteiger partial charge on any atom is 0.0558 e. The molecule has 0 spiro atoms. The third-order valence-electron chi connectivity index (χ3n) is 4.31. The molecule has 1 fully saturated rings. The lowest BCUT2D eigenvalue weighted by atomic mass is 9.73. The zero-order valence-electron chi connectivity index (χ0n) is 13.2. The van der Waals surface area contributed by atoms with Gasteiger partial charge in [0.15, 0.2) is 0 Å². The first kappa shape index (κ1) is 16.9. The Morgan fingerprint density at radius 3 is 2.37 bits per heavy atom. The Morgan fingerprint density at radius 1 is 1.16 bits per heavy atom. The van der Waals surface area contributed by atoms with Gasteiger partial charge >= 0.3 is 0 Å². The van der Waals surface area contributed by atoms with E-state index >= 15 is 0 Å². The molecule has 0 bridgehead atoms. The lowest BCUT2D eigenvalue weighted by Crippen LogP contribution is -2.47. The molecule has 0 unspecified atom stereocenters. The fourth-order valence-electron chi connectivity index (χ4n) is 3.32. The molecule has 2 N–H and O–H groups in total. The zero-order chi connectivity index (χ0) is 14.1. The van der Waals surface area contributed by atoms with Crippen molar-refractivity contribution in [2.75, 3.05) is 32.8 Å². The second kappa shape index (κ2) is 8.93. The molecule has 0 aliphatic heterocycles. The Bertz CT molecular complexity index is 219. The SMILES string of the molecule is CCCN(CCO)CC1(CNC(C)C)CCCCC1. The summed E-state index contributed by atoms with van der Waals surface area (Å²) < 4.78 is 0. The van der Waals surface area contributed by atoms with Gasteiger partial charge in [0.1, 0.15) is 0 Å². The minimum atomic E-state index is 0.285. The van der Waals surface area contributed by atoms with Gasteiger partial charge in [-0.1, -0.05) is 40.0 Å². The molecular weight excluding hydrogens is 236 g/mol. The van der Waals surface area contributed by atoms with Gasteiger partial charge in [0.2, 0.25) is 0 Å². The summed E-state index contributed by atoms with van der Waals surface area (Å²) in [5.74, 6) is 0. The van der Waals surface area contributed by atoms with Crippen molar-refractivity contribution in [1.29, 1.82) is 0 Å². The number of hydrogen-bond acceptors (Lipinski definition) is 3. The van der Waals surface area contributed by atoms with Gasteiger partial charge in [0, 0.05) is 25.7 Å². The molecule has 1 saturated carbocycles. The van der Waals surface area contributed by atoms with E-state index in [0.29, 0.717) is 11.5 Å². The van der Waals surface area contributed by atoms with E-state index in [9.17, 15) is 5.11 Å². The summed E-state index contributed by atoms with van der Waals surface area (Å²) in [5.41, 5.74) is 0.437. The smallest absolute Gasteiger partial charge is 0.0558 e. The number of rotatable bonds is 9. The Hall–Kier alpha value is -0.120. The minimum absolute atomic E-state index is 0.285. The van der Waals surface area contributed by atoms with E-state index in [-0.39, 0.29) is 6.61 Å². The van der Waals surface area contributed by atoms with E-state index in [1.54, 1.807) is 0 Å². The second-order valence-corrected chi connectivity index (χ2v) is 6.60. The second-order valence-electron chi connectivity index (χ2n) is 6.60. The van der Waals surface area contributed by atoms with Crippen molar-refractivity contribution in [1.82, 2.24) is 10.2 Å². The number of nitrogens with one attached hydrogen (secondary N) is 1. The molecule has 3 nitrogen and oxygen atoms in total. The first-order valence-electron chi connectivity index (χ1n) is 8.18. The molecule has 0 radical (unpaired) electrons. The fourth-order valence-corrected chi connectivity index (χ4v) is 3.32. The van der Waals surface area contributed by atoms with E-state index in [0.717, 1.165) is 26.2 Å². The van der Waals surface area contributed by atoms with Crippen molar-refractivity contribution in [3.8, 4) is 0 Å². The first-order chi connectivity index (χ1) is 9.12. The Morgan fingerprint density at radius 2 is 1.84 bits per heavy atom. The molecule has 114 valence electrons.